The molecule has 0 unspecified atom stereocenters. The van der Waals surface area contributed by atoms with Gasteiger partial charge in [0.15, 0.2) is 0 Å². The van der Waals surface area contributed by atoms with Gasteiger partial charge in [0.25, 0.3) is 0 Å². The highest BCUT2D eigenvalue weighted by Gasteiger charge is 2.04. The van der Waals surface area contributed by atoms with Gasteiger partial charge in [-0.1, -0.05) is 36.4 Å². The minimum absolute atomic E-state index is 0.00346. The molecule has 2 aromatic carbocycles. The molecule has 0 saturated carbocycles. The van der Waals surface area contributed by atoms with Crippen LogP contribution in [0.5, 0.6) is 0 Å². The number of hydrogen-bond acceptors (Lipinski definition) is 3. The molecule has 0 fully saturated rings. The van der Waals surface area contributed by atoms with Crippen molar-refractivity contribution >= 4 is 17.3 Å². The van der Waals surface area contributed by atoms with Crippen molar-refractivity contribution in [2.24, 2.45) is 0 Å². The molecule has 0 radical (unpaired) electrons. The van der Waals surface area contributed by atoms with E-state index in [0.29, 0.717) is 6.54 Å². The van der Waals surface area contributed by atoms with E-state index >= 15 is 0 Å². The van der Waals surface area contributed by atoms with Crippen molar-refractivity contribution in [2.45, 2.75) is 20.1 Å². The number of amides is 1. The number of anilines is 2. The summed E-state index contributed by atoms with van der Waals surface area (Å²) in [6, 6.07) is 15.3. The van der Waals surface area contributed by atoms with Crippen LogP contribution in [0.3, 0.4) is 0 Å². The second-order valence-corrected chi connectivity index (χ2v) is 4.51. The molecule has 0 aliphatic heterocycles. The molecule has 0 heterocycles. The van der Waals surface area contributed by atoms with Crippen LogP contribution in [-0.4, -0.2) is 11.0 Å². The molecule has 0 spiro atoms. The van der Waals surface area contributed by atoms with Crippen molar-refractivity contribution in [2.75, 3.05) is 10.6 Å². The predicted octanol–water partition coefficient (Wildman–Crippen LogP) is 2.75. The molecular formula is C16H18N2O2. The molecule has 0 aliphatic rings. The Morgan fingerprint density at radius 3 is 2.25 bits per heavy atom. The summed E-state index contributed by atoms with van der Waals surface area (Å²) in [4.78, 5) is 11.2. The standard InChI is InChI=1S/C16H18N2O2/c1-12(20)18-16-9-5-2-6-13(16)10-17-15-8-4-3-7-14(15)11-19/h2-9,17,19H,10-11H2,1H3,(H,18,20). The van der Waals surface area contributed by atoms with E-state index in [0.717, 1.165) is 22.5 Å². The van der Waals surface area contributed by atoms with Gasteiger partial charge in [-0.2, -0.15) is 0 Å². The molecule has 0 aromatic heterocycles. The average Bonchev–Trinajstić information content (AvgIpc) is 2.46. The zero-order chi connectivity index (χ0) is 14.4. The van der Waals surface area contributed by atoms with Crippen molar-refractivity contribution in [3.63, 3.8) is 0 Å². The lowest BCUT2D eigenvalue weighted by Gasteiger charge is -2.13. The molecule has 0 aliphatic carbocycles. The summed E-state index contributed by atoms with van der Waals surface area (Å²) in [5.74, 6) is -0.0896. The van der Waals surface area contributed by atoms with Crippen LogP contribution in [0.25, 0.3) is 0 Å². The summed E-state index contributed by atoms with van der Waals surface area (Å²) in [5, 5.41) is 15.4. The Hall–Kier alpha value is -2.33. The van der Waals surface area contributed by atoms with Crippen LogP contribution in [0.15, 0.2) is 48.5 Å². The first-order chi connectivity index (χ1) is 9.70. The van der Waals surface area contributed by atoms with E-state index in [2.05, 4.69) is 10.6 Å². The van der Waals surface area contributed by atoms with E-state index < -0.39 is 0 Å². The van der Waals surface area contributed by atoms with Crippen molar-refractivity contribution in [1.29, 1.82) is 0 Å². The molecule has 0 atom stereocenters. The fourth-order valence-electron chi connectivity index (χ4n) is 2.01. The number of carbonyl (C=O) groups excluding carboxylic acids is 1. The summed E-state index contributed by atoms with van der Waals surface area (Å²) < 4.78 is 0. The monoisotopic (exact) mass is 270 g/mol. The zero-order valence-electron chi connectivity index (χ0n) is 11.4. The lowest BCUT2D eigenvalue weighted by molar-refractivity contribution is -0.114. The summed E-state index contributed by atoms with van der Waals surface area (Å²) in [5.41, 5.74) is 3.54. The largest absolute Gasteiger partial charge is 0.392 e. The first-order valence-electron chi connectivity index (χ1n) is 6.49. The Kier molecular flexibility index (Phi) is 4.74. The lowest BCUT2D eigenvalue weighted by Crippen LogP contribution is -2.10. The minimum atomic E-state index is -0.0896. The van der Waals surface area contributed by atoms with Gasteiger partial charge in [-0.05, 0) is 17.7 Å². The van der Waals surface area contributed by atoms with E-state index in [1.54, 1.807) is 0 Å². The predicted molar refractivity (Wildman–Crippen MR) is 80.4 cm³/mol. The SMILES string of the molecule is CC(=O)Nc1ccccc1CNc1ccccc1CO. The number of para-hydroxylation sites is 2. The van der Waals surface area contributed by atoms with E-state index in [1.165, 1.54) is 6.92 Å². The average molecular weight is 270 g/mol. The molecule has 0 saturated heterocycles. The summed E-state index contributed by atoms with van der Waals surface area (Å²) in [6.45, 7) is 2.06. The molecule has 1 amide bonds. The fraction of sp³-hybridized carbons (Fsp3) is 0.188. The van der Waals surface area contributed by atoms with E-state index in [4.69, 9.17) is 0 Å². The number of benzene rings is 2. The van der Waals surface area contributed by atoms with E-state index in [-0.39, 0.29) is 12.5 Å². The third-order valence-corrected chi connectivity index (χ3v) is 2.99. The summed E-state index contributed by atoms with van der Waals surface area (Å²) in [6.07, 6.45) is 0. The van der Waals surface area contributed by atoms with Crippen LogP contribution < -0.4 is 10.6 Å². The maximum atomic E-state index is 11.2. The van der Waals surface area contributed by atoms with Crippen molar-refractivity contribution in [1.82, 2.24) is 0 Å². The highest BCUT2D eigenvalue weighted by molar-refractivity contribution is 5.89. The smallest absolute Gasteiger partial charge is 0.221 e. The first kappa shape index (κ1) is 14.1. The second-order valence-electron chi connectivity index (χ2n) is 4.51. The fourth-order valence-corrected chi connectivity index (χ4v) is 2.01. The third-order valence-electron chi connectivity index (χ3n) is 2.99. The molecule has 104 valence electrons. The number of hydrogen-bond donors (Lipinski definition) is 3. The highest BCUT2D eigenvalue weighted by Crippen LogP contribution is 2.19. The Morgan fingerprint density at radius 2 is 1.60 bits per heavy atom. The Morgan fingerprint density at radius 1 is 1.00 bits per heavy atom. The second kappa shape index (κ2) is 6.73. The molecule has 2 aromatic rings. The quantitative estimate of drug-likeness (QED) is 0.783. The molecule has 0 bridgehead atoms. The van der Waals surface area contributed by atoms with Crippen LogP contribution in [0.4, 0.5) is 11.4 Å². The number of rotatable bonds is 5. The number of nitrogens with one attached hydrogen (secondary N) is 2. The molecule has 20 heavy (non-hydrogen) atoms. The van der Waals surface area contributed by atoms with Crippen molar-refractivity contribution < 1.29 is 9.90 Å². The van der Waals surface area contributed by atoms with Crippen LogP contribution in [0, 0.1) is 0 Å². The van der Waals surface area contributed by atoms with Crippen LogP contribution in [0.1, 0.15) is 18.1 Å². The Labute approximate surface area is 118 Å². The molecule has 3 N–H and O–H groups in total. The molecule has 2 rings (SSSR count). The zero-order valence-corrected chi connectivity index (χ0v) is 11.4. The van der Waals surface area contributed by atoms with E-state index in [1.807, 2.05) is 48.5 Å². The van der Waals surface area contributed by atoms with E-state index in [9.17, 15) is 9.90 Å². The van der Waals surface area contributed by atoms with Crippen LogP contribution in [0.2, 0.25) is 0 Å². The van der Waals surface area contributed by atoms with Gasteiger partial charge in [-0.3, -0.25) is 4.79 Å². The van der Waals surface area contributed by atoms with Gasteiger partial charge in [0.05, 0.1) is 6.61 Å². The van der Waals surface area contributed by atoms with Crippen molar-refractivity contribution in [3.05, 3.63) is 59.7 Å². The maximum Gasteiger partial charge on any atom is 0.221 e. The summed E-state index contributed by atoms with van der Waals surface area (Å²) in [7, 11) is 0. The summed E-state index contributed by atoms with van der Waals surface area (Å²) >= 11 is 0. The van der Waals surface area contributed by atoms with Gasteiger partial charge in [-0.15, -0.1) is 0 Å². The van der Waals surface area contributed by atoms with Crippen LogP contribution in [-0.2, 0) is 17.9 Å². The molecule has 4 heteroatoms. The molecule has 4 nitrogen and oxygen atoms in total. The Bertz CT molecular complexity index is 597. The van der Waals surface area contributed by atoms with Gasteiger partial charge in [-0.25, -0.2) is 0 Å². The first-order valence-corrected chi connectivity index (χ1v) is 6.49. The topological polar surface area (TPSA) is 61.4 Å². The van der Waals surface area contributed by atoms with Gasteiger partial charge < -0.3 is 15.7 Å². The van der Waals surface area contributed by atoms with Gasteiger partial charge in [0.1, 0.15) is 0 Å². The Balaban J connectivity index is 2.12. The number of carbonyl (C=O) groups is 1. The number of aliphatic hydroxyl groups excluding tert-OH is 1. The highest BCUT2D eigenvalue weighted by atomic mass is 16.3. The minimum Gasteiger partial charge on any atom is -0.392 e. The molecular weight excluding hydrogens is 252 g/mol. The lowest BCUT2D eigenvalue weighted by atomic mass is 10.1. The van der Waals surface area contributed by atoms with Crippen molar-refractivity contribution in [3.8, 4) is 0 Å². The number of aliphatic hydroxyl groups is 1. The third kappa shape index (κ3) is 3.59. The van der Waals surface area contributed by atoms with Gasteiger partial charge >= 0.3 is 0 Å². The normalized spacial score (nSPS) is 10.1. The van der Waals surface area contributed by atoms with Crippen LogP contribution >= 0.6 is 0 Å². The maximum absolute atomic E-state index is 11.2. The van der Waals surface area contributed by atoms with Gasteiger partial charge in [0.2, 0.25) is 5.91 Å². The van der Waals surface area contributed by atoms with Gasteiger partial charge in [0, 0.05) is 30.4 Å².